The highest BCUT2D eigenvalue weighted by Gasteiger charge is 2.26. The lowest BCUT2D eigenvalue weighted by atomic mass is 10.2. The predicted molar refractivity (Wildman–Crippen MR) is 76.3 cm³/mol. The molecule has 0 spiro atoms. The summed E-state index contributed by atoms with van der Waals surface area (Å²) in [5.74, 6) is 1.53. The van der Waals surface area contributed by atoms with Crippen LogP contribution in [0.4, 0.5) is 0 Å². The molecular weight excluding hydrogens is 256 g/mol. The Kier molecular flexibility index (Phi) is 4.84. The fourth-order valence-corrected chi connectivity index (χ4v) is 2.27. The van der Waals surface area contributed by atoms with Crippen LogP contribution in [0, 0.1) is 0 Å². The zero-order valence-electron chi connectivity index (χ0n) is 12.4. The third kappa shape index (κ3) is 3.63. The fourth-order valence-electron chi connectivity index (χ4n) is 2.27. The van der Waals surface area contributed by atoms with Gasteiger partial charge in [0.2, 0.25) is 0 Å². The Morgan fingerprint density at radius 1 is 1.20 bits per heavy atom. The molecular formula is C15H23N2O3+. The van der Waals surface area contributed by atoms with Crippen LogP contribution < -0.4 is 14.4 Å². The number of hydrogen-bond acceptors (Lipinski definition) is 3. The first kappa shape index (κ1) is 14.7. The summed E-state index contributed by atoms with van der Waals surface area (Å²) in [6, 6.07) is 7.28. The molecule has 5 heteroatoms. The smallest absolute Gasteiger partial charge is 0.263 e. The molecule has 1 saturated heterocycles. The van der Waals surface area contributed by atoms with E-state index in [9.17, 15) is 4.79 Å². The van der Waals surface area contributed by atoms with Crippen LogP contribution in [0.3, 0.4) is 0 Å². The van der Waals surface area contributed by atoms with Crippen molar-refractivity contribution < 1.29 is 19.2 Å². The van der Waals surface area contributed by atoms with Crippen molar-refractivity contribution in [2.24, 2.45) is 0 Å². The van der Waals surface area contributed by atoms with Crippen LogP contribution in [0.15, 0.2) is 24.3 Å². The van der Waals surface area contributed by atoms with E-state index in [1.54, 1.807) is 14.0 Å². The van der Waals surface area contributed by atoms with E-state index in [-0.39, 0.29) is 5.91 Å². The number of carbonyl (C=O) groups is 1. The van der Waals surface area contributed by atoms with Gasteiger partial charge in [0.25, 0.3) is 5.91 Å². The molecule has 0 aliphatic carbocycles. The van der Waals surface area contributed by atoms with Crippen molar-refractivity contribution in [2.75, 3.05) is 40.3 Å². The lowest BCUT2D eigenvalue weighted by molar-refractivity contribution is -0.883. The molecule has 1 aromatic carbocycles. The van der Waals surface area contributed by atoms with Crippen molar-refractivity contribution in [1.29, 1.82) is 0 Å². The molecule has 1 fully saturated rings. The van der Waals surface area contributed by atoms with Crippen molar-refractivity contribution in [3.63, 3.8) is 0 Å². The molecule has 110 valence electrons. The van der Waals surface area contributed by atoms with E-state index in [0.29, 0.717) is 5.75 Å². The Labute approximate surface area is 120 Å². The number of methoxy groups -OCH3 is 1. The first-order chi connectivity index (χ1) is 9.60. The quantitative estimate of drug-likeness (QED) is 0.831. The highest BCUT2D eigenvalue weighted by molar-refractivity contribution is 5.81. The minimum absolute atomic E-state index is 0.0633. The van der Waals surface area contributed by atoms with E-state index in [2.05, 4.69) is 7.05 Å². The molecule has 1 N–H and O–H groups in total. The molecule has 1 aliphatic rings. The third-order valence-electron chi connectivity index (χ3n) is 3.65. The summed E-state index contributed by atoms with van der Waals surface area (Å²) in [4.78, 5) is 15.7. The van der Waals surface area contributed by atoms with Crippen molar-refractivity contribution >= 4 is 5.91 Å². The molecule has 1 aliphatic heterocycles. The Hall–Kier alpha value is -1.75. The first-order valence-electron chi connectivity index (χ1n) is 7.01. The topological polar surface area (TPSA) is 43.2 Å². The van der Waals surface area contributed by atoms with Gasteiger partial charge < -0.3 is 19.3 Å². The number of ether oxygens (including phenoxy) is 2. The molecule has 0 aromatic heterocycles. The number of likely N-dealkylation sites (N-methyl/N-ethyl adjacent to an activating group) is 1. The van der Waals surface area contributed by atoms with Crippen LogP contribution in [0.5, 0.6) is 11.5 Å². The molecule has 0 saturated carbocycles. The Bertz CT molecular complexity index is 439. The van der Waals surface area contributed by atoms with E-state index in [0.717, 1.165) is 31.9 Å². The number of benzene rings is 1. The number of nitrogens with zero attached hydrogens (tertiary/aromatic N) is 1. The van der Waals surface area contributed by atoms with Crippen molar-refractivity contribution in [1.82, 2.24) is 4.90 Å². The van der Waals surface area contributed by atoms with Crippen LogP contribution in [0.25, 0.3) is 0 Å². The molecule has 1 amide bonds. The minimum atomic E-state index is -0.457. The van der Waals surface area contributed by atoms with Gasteiger partial charge in [-0.05, 0) is 31.2 Å². The van der Waals surface area contributed by atoms with Gasteiger partial charge in [0.1, 0.15) is 11.5 Å². The largest absolute Gasteiger partial charge is 0.497 e. The highest BCUT2D eigenvalue weighted by atomic mass is 16.5. The van der Waals surface area contributed by atoms with E-state index in [4.69, 9.17) is 9.47 Å². The van der Waals surface area contributed by atoms with Crippen LogP contribution >= 0.6 is 0 Å². The average molecular weight is 279 g/mol. The van der Waals surface area contributed by atoms with Crippen molar-refractivity contribution in [2.45, 2.75) is 13.0 Å². The average Bonchev–Trinajstić information content (AvgIpc) is 2.48. The van der Waals surface area contributed by atoms with Gasteiger partial charge in [-0.15, -0.1) is 0 Å². The molecule has 1 heterocycles. The Balaban J connectivity index is 1.89. The maximum absolute atomic E-state index is 12.3. The van der Waals surface area contributed by atoms with E-state index >= 15 is 0 Å². The third-order valence-corrected chi connectivity index (χ3v) is 3.65. The monoisotopic (exact) mass is 279 g/mol. The summed E-state index contributed by atoms with van der Waals surface area (Å²) in [5, 5.41) is 0. The van der Waals surface area contributed by atoms with Crippen LogP contribution in [0.1, 0.15) is 6.92 Å². The number of hydrogen-bond donors (Lipinski definition) is 1. The zero-order chi connectivity index (χ0) is 14.5. The van der Waals surface area contributed by atoms with E-state index < -0.39 is 6.10 Å². The summed E-state index contributed by atoms with van der Waals surface area (Å²) in [7, 11) is 3.77. The second-order valence-corrected chi connectivity index (χ2v) is 5.22. The van der Waals surface area contributed by atoms with Crippen LogP contribution in [-0.2, 0) is 4.79 Å². The number of rotatable bonds is 4. The van der Waals surface area contributed by atoms with Crippen LogP contribution in [0.2, 0.25) is 0 Å². The number of amides is 1. The SMILES string of the molecule is COc1ccc(O[C@@H](C)C(=O)N2CC[NH+](C)CC2)cc1. The Morgan fingerprint density at radius 3 is 2.30 bits per heavy atom. The van der Waals surface area contributed by atoms with Gasteiger partial charge in [0.05, 0.1) is 40.3 Å². The first-order valence-corrected chi connectivity index (χ1v) is 7.01. The van der Waals surface area contributed by atoms with Gasteiger partial charge in [-0.2, -0.15) is 0 Å². The summed E-state index contributed by atoms with van der Waals surface area (Å²) in [5.41, 5.74) is 0. The molecule has 5 nitrogen and oxygen atoms in total. The van der Waals surface area contributed by atoms with Crippen molar-refractivity contribution in [3.8, 4) is 11.5 Å². The van der Waals surface area contributed by atoms with Gasteiger partial charge in [0, 0.05) is 0 Å². The van der Waals surface area contributed by atoms with E-state index in [1.165, 1.54) is 4.90 Å². The summed E-state index contributed by atoms with van der Waals surface area (Å²) < 4.78 is 10.8. The number of carbonyl (C=O) groups excluding carboxylic acids is 1. The van der Waals surface area contributed by atoms with E-state index in [1.807, 2.05) is 29.2 Å². The second kappa shape index (κ2) is 6.61. The maximum atomic E-state index is 12.3. The molecule has 0 radical (unpaired) electrons. The molecule has 1 aromatic rings. The molecule has 0 unspecified atom stereocenters. The van der Waals surface area contributed by atoms with Gasteiger partial charge in [-0.25, -0.2) is 0 Å². The highest BCUT2D eigenvalue weighted by Crippen LogP contribution is 2.18. The maximum Gasteiger partial charge on any atom is 0.263 e. The van der Waals surface area contributed by atoms with Gasteiger partial charge in [-0.3, -0.25) is 4.79 Å². The molecule has 1 atom stereocenters. The van der Waals surface area contributed by atoms with Crippen molar-refractivity contribution in [3.05, 3.63) is 24.3 Å². The lowest BCUT2D eigenvalue weighted by Crippen LogP contribution is -3.12. The second-order valence-electron chi connectivity index (χ2n) is 5.22. The number of quaternary nitrogens is 1. The summed E-state index contributed by atoms with van der Waals surface area (Å²) in [6.07, 6.45) is -0.457. The molecule has 20 heavy (non-hydrogen) atoms. The van der Waals surface area contributed by atoms with Crippen LogP contribution in [-0.4, -0.2) is 57.2 Å². The fraction of sp³-hybridized carbons (Fsp3) is 0.533. The van der Waals surface area contributed by atoms with Gasteiger partial charge >= 0.3 is 0 Å². The predicted octanol–water partition coefficient (Wildman–Crippen LogP) is -0.181. The number of piperazine rings is 1. The van der Waals surface area contributed by atoms with Gasteiger partial charge in [-0.1, -0.05) is 0 Å². The summed E-state index contributed by atoms with van der Waals surface area (Å²) >= 11 is 0. The van der Waals surface area contributed by atoms with Gasteiger partial charge in [0.15, 0.2) is 6.10 Å². The Morgan fingerprint density at radius 2 is 1.75 bits per heavy atom. The number of nitrogens with one attached hydrogen (secondary N) is 1. The standard InChI is InChI=1S/C15H22N2O3/c1-12(15(18)17-10-8-16(2)9-11-17)20-14-6-4-13(19-3)5-7-14/h4-7,12H,8-11H2,1-3H3/p+1/t12-/m0/s1. The molecule has 0 bridgehead atoms. The summed E-state index contributed by atoms with van der Waals surface area (Å²) in [6.45, 7) is 5.42. The molecule has 2 rings (SSSR count). The lowest BCUT2D eigenvalue weighted by Gasteiger charge is -2.31. The zero-order valence-corrected chi connectivity index (χ0v) is 12.4. The normalized spacial score (nSPS) is 17.6. The minimum Gasteiger partial charge on any atom is -0.497 e.